The van der Waals surface area contributed by atoms with Gasteiger partial charge in [0.25, 0.3) is 5.91 Å². The van der Waals surface area contributed by atoms with Gasteiger partial charge in [0.1, 0.15) is 16.5 Å². The molecule has 0 aliphatic rings. The fraction of sp³-hybridized carbons (Fsp3) is 0.154. The molecule has 2 aromatic rings. The average molecular weight is 291 g/mol. The summed E-state index contributed by atoms with van der Waals surface area (Å²) >= 11 is 4.97. The Labute approximate surface area is 120 Å². The standard InChI is InChI=1S/C13H13N3O3S/c1-7-6-9(16-19-7)13(17)15-11-8(12(14)20)4-3-5-10(11)18-2/h3-6H,1-2H3,(H2,14,20)(H,15,17). The molecule has 0 radical (unpaired) electrons. The number of para-hydroxylation sites is 1. The number of methoxy groups -OCH3 is 1. The molecule has 1 aromatic heterocycles. The lowest BCUT2D eigenvalue weighted by Gasteiger charge is -2.13. The third-order valence-corrected chi connectivity index (χ3v) is 2.83. The third kappa shape index (κ3) is 2.77. The molecule has 6 nitrogen and oxygen atoms in total. The van der Waals surface area contributed by atoms with E-state index >= 15 is 0 Å². The Morgan fingerprint density at radius 1 is 1.50 bits per heavy atom. The molecule has 3 N–H and O–H groups in total. The molecule has 20 heavy (non-hydrogen) atoms. The van der Waals surface area contributed by atoms with Gasteiger partial charge in [-0.1, -0.05) is 23.4 Å². The van der Waals surface area contributed by atoms with Gasteiger partial charge in [0, 0.05) is 11.6 Å². The highest BCUT2D eigenvalue weighted by Crippen LogP contribution is 2.28. The largest absolute Gasteiger partial charge is 0.495 e. The van der Waals surface area contributed by atoms with E-state index in [1.807, 2.05) is 0 Å². The van der Waals surface area contributed by atoms with Gasteiger partial charge in [0.2, 0.25) is 0 Å². The van der Waals surface area contributed by atoms with Crippen molar-refractivity contribution in [3.05, 3.63) is 41.3 Å². The first-order chi connectivity index (χ1) is 9.52. The molecule has 1 heterocycles. The Hall–Kier alpha value is -2.41. The van der Waals surface area contributed by atoms with E-state index in [1.165, 1.54) is 13.2 Å². The van der Waals surface area contributed by atoms with Crippen molar-refractivity contribution in [2.24, 2.45) is 5.73 Å². The molecule has 2 rings (SSSR count). The fourth-order valence-corrected chi connectivity index (χ4v) is 1.86. The van der Waals surface area contributed by atoms with Crippen LogP contribution in [0.2, 0.25) is 0 Å². The Morgan fingerprint density at radius 2 is 2.25 bits per heavy atom. The number of benzene rings is 1. The van der Waals surface area contributed by atoms with E-state index in [1.54, 1.807) is 25.1 Å². The van der Waals surface area contributed by atoms with Crippen LogP contribution in [-0.4, -0.2) is 23.2 Å². The molecule has 0 saturated carbocycles. The van der Waals surface area contributed by atoms with E-state index < -0.39 is 5.91 Å². The minimum Gasteiger partial charge on any atom is -0.495 e. The van der Waals surface area contributed by atoms with Crippen molar-refractivity contribution < 1.29 is 14.1 Å². The van der Waals surface area contributed by atoms with Crippen LogP contribution in [0.5, 0.6) is 5.75 Å². The van der Waals surface area contributed by atoms with Gasteiger partial charge < -0.3 is 20.3 Å². The Bertz CT molecular complexity index is 667. The summed E-state index contributed by atoms with van der Waals surface area (Å²) in [5.41, 5.74) is 6.75. The van der Waals surface area contributed by atoms with Crippen LogP contribution in [0.3, 0.4) is 0 Å². The molecule has 0 spiro atoms. The lowest BCUT2D eigenvalue weighted by atomic mass is 10.1. The van der Waals surface area contributed by atoms with Crippen molar-refractivity contribution in [3.8, 4) is 5.75 Å². The summed E-state index contributed by atoms with van der Waals surface area (Å²) in [7, 11) is 1.49. The van der Waals surface area contributed by atoms with E-state index in [2.05, 4.69) is 10.5 Å². The van der Waals surface area contributed by atoms with E-state index in [-0.39, 0.29) is 10.7 Å². The average Bonchev–Trinajstić information content (AvgIpc) is 2.85. The topological polar surface area (TPSA) is 90.4 Å². The fourth-order valence-electron chi connectivity index (χ4n) is 1.69. The van der Waals surface area contributed by atoms with Crippen molar-refractivity contribution in [2.45, 2.75) is 6.92 Å². The molecule has 0 bridgehead atoms. The van der Waals surface area contributed by atoms with Crippen molar-refractivity contribution in [2.75, 3.05) is 12.4 Å². The van der Waals surface area contributed by atoms with Crippen molar-refractivity contribution in [3.63, 3.8) is 0 Å². The monoisotopic (exact) mass is 291 g/mol. The minimum atomic E-state index is -0.427. The van der Waals surface area contributed by atoms with E-state index in [0.717, 1.165) is 0 Å². The van der Waals surface area contributed by atoms with Crippen molar-refractivity contribution in [1.29, 1.82) is 0 Å². The van der Waals surface area contributed by atoms with Gasteiger partial charge in [-0.25, -0.2) is 0 Å². The predicted molar refractivity (Wildman–Crippen MR) is 78.1 cm³/mol. The van der Waals surface area contributed by atoms with Crippen LogP contribution in [-0.2, 0) is 0 Å². The molecule has 0 atom stereocenters. The Kier molecular flexibility index (Phi) is 3.99. The maximum Gasteiger partial charge on any atom is 0.277 e. The number of aromatic nitrogens is 1. The van der Waals surface area contributed by atoms with Gasteiger partial charge in [-0.05, 0) is 19.1 Å². The maximum atomic E-state index is 12.1. The SMILES string of the molecule is COc1cccc(C(N)=S)c1NC(=O)c1cc(C)on1. The number of ether oxygens (including phenoxy) is 1. The minimum absolute atomic E-state index is 0.163. The second-order valence-electron chi connectivity index (χ2n) is 4.02. The highest BCUT2D eigenvalue weighted by atomic mass is 32.1. The molecule has 0 fully saturated rings. The quantitative estimate of drug-likeness (QED) is 0.836. The smallest absolute Gasteiger partial charge is 0.277 e. The number of nitrogens with one attached hydrogen (secondary N) is 1. The summed E-state index contributed by atoms with van der Waals surface area (Å²) < 4.78 is 10.1. The second kappa shape index (κ2) is 5.70. The number of carbonyl (C=O) groups is 1. The van der Waals surface area contributed by atoms with E-state index in [0.29, 0.717) is 22.8 Å². The van der Waals surface area contributed by atoms with Gasteiger partial charge in [-0.15, -0.1) is 0 Å². The summed E-state index contributed by atoms with van der Waals surface area (Å²) in [4.78, 5) is 12.3. The molecule has 0 aliphatic heterocycles. The Morgan fingerprint density at radius 3 is 2.80 bits per heavy atom. The molecule has 1 amide bonds. The highest BCUT2D eigenvalue weighted by Gasteiger charge is 2.17. The number of amides is 1. The summed E-state index contributed by atoms with van der Waals surface area (Å²) in [6.45, 7) is 1.70. The third-order valence-electron chi connectivity index (χ3n) is 2.61. The highest BCUT2D eigenvalue weighted by molar-refractivity contribution is 7.80. The van der Waals surface area contributed by atoms with E-state index in [9.17, 15) is 4.79 Å². The summed E-state index contributed by atoms with van der Waals surface area (Å²) in [6.07, 6.45) is 0. The number of rotatable bonds is 4. The molecule has 7 heteroatoms. The van der Waals surface area contributed by atoms with Crippen LogP contribution < -0.4 is 15.8 Å². The van der Waals surface area contributed by atoms with Crippen LogP contribution in [0.25, 0.3) is 0 Å². The first-order valence-corrected chi connectivity index (χ1v) is 6.15. The molecule has 104 valence electrons. The molecule has 1 aromatic carbocycles. The lowest BCUT2D eigenvalue weighted by Crippen LogP contribution is -2.18. The summed E-state index contributed by atoms with van der Waals surface area (Å²) in [6, 6.07) is 6.67. The zero-order valence-electron chi connectivity index (χ0n) is 11.0. The van der Waals surface area contributed by atoms with Crippen LogP contribution in [0.4, 0.5) is 5.69 Å². The number of carbonyl (C=O) groups excluding carboxylic acids is 1. The van der Waals surface area contributed by atoms with Gasteiger partial charge in [-0.2, -0.15) is 0 Å². The van der Waals surface area contributed by atoms with Crippen molar-refractivity contribution in [1.82, 2.24) is 5.16 Å². The summed E-state index contributed by atoms with van der Waals surface area (Å²) in [5.74, 6) is 0.581. The van der Waals surface area contributed by atoms with Crippen LogP contribution in [0.1, 0.15) is 21.8 Å². The first-order valence-electron chi connectivity index (χ1n) is 5.74. The van der Waals surface area contributed by atoms with Gasteiger partial charge >= 0.3 is 0 Å². The maximum absolute atomic E-state index is 12.1. The van der Waals surface area contributed by atoms with Crippen LogP contribution in [0, 0.1) is 6.92 Å². The number of nitrogens with two attached hydrogens (primary N) is 1. The molecule has 0 unspecified atom stereocenters. The zero-order valence-corrected chi connectivity index (χ0v) is 11.8. The first kappa shape index (κ1) is 14.0. The van der Waals surface area contributed by atoms with Gasteiger partial charge in [0.05, 0.1) is 12.8 Å². The number of nitrogens with zero attached hydrogens (tertiary/aromatic N) is 1. The zero-order chi connectivity index (χ0) is 14.7. The number of hydrogen-bond acceptors (Lipinski definition) is 5. The predicted octanol–water partition coefficient (Wildman–Crippen LogP) is 1.88. The van der Waals surface area contributed by atoms with Gasteiger partial charge in [-0.3, -0.25) is 4.79 Å². The number of thiocarbonyl (C=S) groups is 1. The van der Waals surface area contributed by atoms with Crippen molar-refractivity contribution >= 4 is 28.8 Å². The molecular weight excluding hydrogens is 278 g/mol. The van der Waals surface area contributed by atoms with Crippen LogP contribution in [0.15, 0.2) is 28.8 Å². The molecule has 0 saturated heterocycles. The molecule has 0 aliphatic carbocycles. The van der Waals surface area contributed by atoms with E-state index in [4.69, 9.17) is 27.2 Å². The second-order valence-corrected chi connectivity index (χ2v) is 4.46. The summed E-state index contributed by atoms with van der Waals surface area (Å²) in [5, 5.41) is 6.34. The lowest BCUT2D eigenvalue weighted by molar-refractivity contribution is 0.101. The number of aryl methyl sites for hydroxylation is 1. The number of hydrogen-bond donors (Lipinski definition) is 2. The normalized spacial score (nSPS) is 10.1. The molecular formula is C13H13N3O3S. The van der Waals surface area contributed by atoms with Crippen LogP contribution >= 0.6 is 12.2 Å². The van der Waals surface area contributed by atoms with Gasteiger partial charge in [0.15, 0.2) is 5.69 Å². The Balaban J connectivity index is 2.37. The number of anilines is 1.